The van der Waals surface area contributed by atoms with Gasteiger partial charge in [-0.15, -0.1) is 0 Å². The molecule has 0 aliphatic rings. The van der Waals surface area contributed by atoms with E-state index in [1.165, 1.54) is 167 Å². The van der Waals surface area contributed by atoms with Crippen LogP contribution in [0.5, 0.6) is 0 Å². The normalized spacial score (nSPS) is 12.4. The molecule has 69 heavy (non-hydrogen) atoms. The number of carbonyl (C=O) groups is 3. The minimum Gasteiger partial charge on any atom is -0.462 e. The van der Waals surface area contributed by atoms with Crippen molar-refractivity contribution < 1.29 is 28.6 Å². The fraction of sp³-hybridized carbons (Fsp3) is 0.794. The van der Waals surface area contributed by atoms with Gasteiger partial charge in [-0.25, -0.2) is 0 Å². The molecule has 0 aromatic heterocycles. The van der Waals surface area contributed by atoms with Crippen molar-refractivity contribution >= 4 is 17.9 Å². The summed E-state index contributed by atoms with van der Waals surface area (Å²) < 4.78 is 16.9. The molecule has 1 unspecified atom stereocenters. The van der Waals surface area contributed by atoms with Gasteiger partial charge in [-0.2, -0.15) is 0 Å². The number of carbonyl (C=O) groups excluding carboxylic acids is 3. The summed E-state index contributed by atoms with van der Waals surface area (Å²) in [6.45, 7) is 6.62. The number of rotatable bonds is 54. The zero-order chi connectivity index (χ0) is 50.0. The second kappa shape index (κ2) is 57.7. The molecule has 0 aliphatic heterocycles. The molecule has 0 aromatic carbocycles. The van der Waals surface area contributed by atoms with Gasteiger partial charge in [0.2, 0.25) is 0 Å². The fourth-order valence-electron chi connectivity index (χ4n) is 8.44. The molecule has 0 bridgehead atoms. The molecule has 0 aromatic rings. The molecular weight excluding hydrogens is 853 g/mol. The Kier molecular flexibility index (Phi) is 55.3. The number of unbranched alkanes of at least 4 members (excludes halogenated alkanes) is 33. The van der Waals surface area contributed by atoms with Gasteiger partial charge >= 0.3 is 17.9 Å². The molecule has 0 rings (SSSR count). The van der Waals surface area contributed by atoms with E-state index in [9.17, 15) is 14.4 Å². The highest BCUT2D eigenvalue weighted by Crippen LogP contribution is 2.15. The van der Waals surface area contributed by atoms with E-state index < -0.39 is 6.10 Å². The lowest BCUT2D eigenvalue weighted by molar-refractivity contribution is -0.167. The van der Waals surface area contributed by atoms with Crippen molar-refractivity contribution in [1.82, 2.24) is 0 Å². The molecule has 6 nitrogen and oxygen atoms in total. The summed E-state index contributed by atoms with van der Waals surface area (Å²) in [7, 11) is 0. The van der Waals surface area contributed by atoms with Gasteiger partial charge in [0.05, 0.1) is 0 Å². The molecule has 0 saturated heterocycles. The van der Waals surface area contributed by atoms with E-state index in [0.29, 0.717) is 19.3 Å². The smallest absolute Gasteiger partial charge is 0.306 e. The van der Waals surface area contributed by atoms with Crippen LogP contribution in [-0.2, 0) is 28.6 Å². The van der Waals surface area contributed by atoms with Gasteiger partial charge < -0.3 is 14.2 Å². The van der Waals surface area contributed by atoms with Gasteiger partial charge in [0.1, 0.15) is 13.2 Å². The van der Waals surface area contributed by atoms with Crippen molar-refractivity contribution in [1.29, 1.82) is 0 Å². The van der Waals surface area contributed by atoms with Gasteiger partial charge in [-0.05, 0) is 109 Å². The van der Waals surface area contributed by atoms with Crippen molar-refractivity contribution in [2.75, 3.05) is 13.2 Å². The van der Waals surface area contributed by atoms with Gasteiger partial charge in [0, 0.05) is 19.3 Å². The molecule has 0 N–H and O–H groups in total. The zero-order valence-corrected chi connectivity index (χ0v) is 45.8. The van der Waals surface area contributed by atoms with Crippen LogP contribution in [0.3, 0.4) is 0 Å². The SMILES string of the molecule is CCCCCCC/C=C\C/C=C\C/C=C\CCCCCCCCC(=O)OCC(COC(=O)CCCCCCC/C=C\CCCCCCCC)OC(=O)CCCCCCC/C=C\CCCCCCCC. The van der Waals surface area contributed by atoms with Crippen LogP contribution >= 0.6 is 0 Å². The maximum Gasteiger partial charge on any atom is 0.306 e. The monoisotopic (exact) mass is 965 g/mol. The highest BCUT2D eigenvalue weighted by molar-refractivity contribution is 5.71. The van der Waals surface area contributed by atoms with Gasteiger partial charge in [-0.1, -0.05) is 236 Å². The van der Waals surface area contributed by atoms with E-state index in [2.05, 4.69) is 81.5 Å². The van der Waals surface area contributed by atoms with E-state index in [1.54, 1.807) is 0 Å². The molecule has 6 heteroatoms. The molecule has 0 fully saturated rings. The molecular formula is C63H112O6. The van der Waals surface area contributed by atoms with Crippen LogP contribution in [-0.4, -0.2) is 37.2 Å². The third-order valence-electron chi connectivity index (χ3n) is 13.0. The maximum atomic E-state index is 12.9. The van der Waals surface area contributed by atoms with E-state index in [1.807, 2.05) is 0 Å². The number of hydrogen-bond acceptors (Lipinski definition) is 6. The number of ether oxygens (including phenoxy) is 3. The highest BCUT2D eigenvalue weighted by atomic mass is 16.6. The summed E-state index contributed by atoms with van der Waals surface area (Å²) in [5.41, 5.74) is 0. The molecule has 400 valence electrons. The van der Waals surface area contributed by atoms with Crippen molar-refractivity contribution in [2.24, 2.45) is 0 Å². The first-order valence-corrected chi connectivity index (χ1v) is 29.8. The largest absolute Gasteiger partial charge is 0.462 e. The lowest BCUT2D eigenvalue weighted by Gasteiger charge is -2.18. The van der Waals surface area contributed by atoms with E-state index >= 15 is 0 Å². The Labute approximate surface area is 428 Å². The Bertz CT molecular complexity index is 1250. The third-order valence-corrected chi connectivity index (χ3v) is 13.0. The number of esters is 3. The van der Waals surface area contributed by atoms with Crippen molar-refractivity contribution in [3.05, 3.63) is 60.8 Å². The third kappa shape index (κ3) is 55.9. The molecule has 0 amide bonds. The summed E-state index contributed by atoms with van der Waals surface area (Å²) in [4.78, 5) is 38.2. The quantitative estimate of drug-likeness (QED) is 0.0262. The molecule has 0 radical (unpaired) electrons. The van der Waals surface area contributed by atoms with E-state index in [4.69, 9.17) is 14.2 Å². The Balaban J connectivity index is 4.39. The Morgan fingerprint density at radius 3 is 0.826 bits per heavy atom. The Morgan fingerprint density at radius 2 is 0.522 bits per heavy atom. The Morgan fingerprint density at radius 1 is 0.290 bits per heavy atom. The predicted molar refractivity (Wildman–Crippen MR) is 298 cm³/mol. The first-order chi connectivity index (χ1) is 34.0. The lowest BCUT2D eigenvalue weighted by atomic mass is 10.1. The molecule has 0 aliphatic carbocycles. The minimum atomic E-state index is -0.787. The average Bonchev–Trinajstić information content (AvgIpc) is 3.35. The lowest BCUT2D eigenvalue weighted by Crippen LogP contribution is -2.30. The van der Waals surface area contributed by atoms with Crippen molar-refractivity contribution in [3.63, 3.8) is 0 Å². The molecule has 1 atom stereocenters. The highest BCUT2D eigenvalue weighted by Gasteiger charge is 2.19. The van der Waals surface area contributed by atoms with E-state index in [-0.39, 0.29) is 31.1 Å². The number of hydrogen-bond donors (Lipinski definition) is 0. The summed E-state index contributed by atoms with van der Waals surface area (Å²) in [5.74, 6) is -0.903. The molecule has 0 saturated carbocycles. The van der Waals surface area contributed by atoms with Crippen LogP contribution in [0.1, 0.15) is 303 Å². The number of allylic oxidation sites excluding steroid dienone is 10. The Hall–Kier alpha value is -2.89. The molecule has 0 spiro atoms. The minimum absolute atomic E-state index is 0.0852. The average molecular weight is 966 g/mol. The first kappa shape index (κ1) is 66.1. The van der Waals surface area contributed by atoms with Crippen LogP contribution in [0.15, 0.2) is 60.8 Å². The second-order valence-electron chi connectivity index (χ2n) is 19.9. The fourth-order valence-corrected chi connectivity index (χ4v) is 8.44. The van der Waals surface area contributed by atoms with Gasteiger partial charge in [0.15, 0.2) is 6.10 Å². The van der Waals surface area contributed by atoms with Gasteiger partial charge in [0.25, 0.3) is 0 Å². The van der Waals surface area contributed by atoms with Crippen molar-refractivity contribution in [3.8, 4) is 0 Å². The summed E-state index contributed by atoms with van der Waals surface area (Å²) in [6, 6.07) is 0. The topological polar surface area (TPSA) is 78.9 Å². The predicted octanol–water partition coefficient (Wildman–Crippen LogP) is 20.0. The zero-order valence-electron chi connectivity index (χ0n) is 45.8. The van der Waals surface area contributed by atoms with Crippen LogP contribution in [0.25, 0.3) is 0 Å². The summed E-state index contributed by atoms with van der Waals surface area (Å²) in [5, 5.41) is 0. The molecule has 0 heterocycles. The summed E-state index contributed by atoms with van der Waals surface area (Å²) >= 11 is 0. The first-order valence-electron chi connectivity index (χ1n) is 29.8. The van der Waals surface area contributed by atoms with Crippen LogP contribution in [0, 0.1) is 0 Å². The van der Waals surface area contributed by atoms with Crippen LogP contribution < -0.4 is 0 Å². The van der Waals surface area contributed by atoms with E-state index in [0.717, 1.165) is 96.3 Å². The second-order valence-corrected chi connectivity index (χ2v) is 19.9. The standard InChI is InChI=1S/C63H112O6/c1-4-7-10-13-16-19-22-25-28-29-30-31-32-33-36-38-41-44-47-50-53-56-62(65)68-59-60(69-63(66)57-54-51-48-45-42-39-35-27-24-21-18-15-12-9-6-3)58-67-61(64)55-52-49-46-43-40-37-34-26-23-20-17-14-11-8-5-2/h22,25-27,29-30,32-35,60H,4-21,23-24,28,31,36-59H2,1-3H3/b25-22-,30-29-,33-32-,34-26-,35-27-. The van der Waals surface area contributed by atoms with Crippen molar-refractivity contribution in [2.45, 2.75) is 309 Å². The maximum absolute atomic E-state index is 12.9. The van der Waals surface area contributed by atoms with Gasteiger partial charge in [-0.3, -0.25) is 14.4 Å². The summed E-state index contributed by atoms with van der Waals surface area (Å²) in [6.07, 6.45) is 72.1. The van der Waals surface area contributed by atoms with Crippen LogP contribution in [0.2, 0.25) is 0 Å². The van der Waals surface area contributed by atoms with Crippen LogP contribution in [0.4, 0.5) is 0 Å².